The van der Waals surface area contributed by atoms with Gasteiger partial charge in [0, 0.05) is 0 Å². The molecule has 0 aromatic heterocycles. The van der Waals surface area contributed by atoms with Gasteiger partial charge in [-0.25, -0.2) is 0 Å². The number of carbonyl (C=O) groups is 2. The van der Waals surface area contributed by atoms with Crippen LogP contribution in [0.5, 0.6) is 0 Å². The van der Waals surface area contributed by atoms with Gasteiger partial charge in [-0.05, 0) is 0 Å². The molecule has 0 aromatic carbocycles. The highest BCUT2D eigenvalue weighted by molar-refractivity contribution is 6.07. The Balaban J connectivity index is 0.000000461. The number of nitrogens with one attached hydrogen (secondary N) is 1. The van der Waals surface area contributed by atoms with Crippen molar-refractivity contribution in [3.8, 4) is 0 Å². The van der Waals surface area contributed by atoms with Crippen molar-refractivity contribution < 1.29 is 19.8 Å². The first-order valence-corrected chi connectivity index (χ1v) is 2.84. The van der Waals surface area contributed by atoms with E-state index in [1.54, 1.807) is 5.32 Å². The summed E-state index contributed by atoms with van der Waals surface area (Å²) in [6, 6.07) is 0. The molecule has 1 fully saturated rings. The monoisotopic (exact) mass is 159 g/mol. The normalized spacial score (nSPS) is 28.9. The smallest absolute Gasteiger partial charge is 0.258 e. The first-order chi connectivity index (χ1) is 5.13. The lowest BCUT2D eigenvalue weighted by molar-refractivity contribution is -0.129. The van der Waals surface area contributed by atoms with E-state index in [4.69, 9.17) is 10.2 Å². The maximum absolute atomic E-state index is 10.3. The van der Waals surface area contributed by atoms with Gasteiger partial charge in [0.05, 0.1) is 0 Å². The number of rotatable bonds is 0. The molecule has 11 heavy (non-hydrogen) atoms. The van der Waals surface area contributed by atoms with Crippen molar-refractivity contribution in [1.29, 1.82) is 0 Å². The van der Waals surface area contributed by atoms with E-state index < -0.39 is 24.0 Å². The fraction of sp³-hybridized carbons (Fsp3) is 0.333. The summed E-state index contributed by atoms with van der Waals surface area (Å²) in [4.78, 5) is 20.5. The summed E-state index contributed by atoms with van der Waals surface area (Å²) < 4.78 is 0. The average molecular weight is 159 g/mol. The van der Waals surface area contributed by atoms with Crippen LogP contribution in [0, 0.1) is 0 Å². The minimum atomic E-state index is -1.59. The van der Waals surface area contributed by atoms with Gasteiger partial charge in [0.1, 0.15) is 0 Å². The second-order valence-electron chi connectivity index (χ2n) is 1.74. The maximum Gasteiger partial charge on any atom is 0.258 e. The van der Waals surface area contributed by atoms with Crippen LogP contribution in [-0.2, 0) is 9.59 Å². The van der Waals surface area contributed by atoms with Crippen LogP contribution >= 0.6 is 0 Å². The Labute approximate surface area is 63.3 Å². The van der Waals surface area contributed by atoms with Crippen LogP contribution in [0.3, 0.4) is 0 Å². The van der Waals surface area contributed by atoms with Crippen LogP contribution in [0.2, 0.25) is 0 Å². The Morgan fingerprint density at radius 2 is 1.36 bits per heavy atom. The van der Waals surface area contributed by atoms with E-state index in [0.29, 0.717) is 0 Å². The number of amides is 2. The molecule has 0 aliphatic carbocycles. The van der Waals surface area contributed by atoms with Crippen molar-refractivity contribution in [2.75, 3.05) is 0 Å². The highest BCUT2D eigenvalue weighted by Gasteiger charge is 2.38. The molecule has 0 saturated carbocycles. The number of aliphatic hydroxyl groups excluding tert-OH is 2. The maximum atomic E-state index is 10.3. The van der Waals surface area contributed by atoms with E-state index in [0.717, 1.165) is 0 Å². The van der Waals surface area contributed by atoms with Crippen molar-refractivity contribution in [3.63, 3.8) is 0 Å². The topological polar surface area (TPSA) is 86.6 Å². The molecular weight excluding hydrogens is 150 g/mol. The van der Waals surface area contributed by atoms with Gasteiger partial charge in [0.2, 0.25) is 0 Å². The van der Waals surface area contributed by atoms with E-state index in [1.165, 1.54) is 0 Å². The Morgan fingerprint density at radius 3 is 1.45 bits per heavy atom. The summed E-state index contributed by atoms with van der Waals surface area (Å²) in [7, 11) is 0. The Morgan fingerprint density at radius 1 is 1.09 bits per heavy atom. The number of aliphatic hydroxyl groups is 2. The molecule has 2 unspecified atom stereocenters. The third kappa shape index (κ3) is 1.86. The zero-order valence-electron chi connectivity index (χ0n) is 5.78. The molecule has 62 valence electrons. The molecule has 1 saturated heterocycles. The van der Waals surface area contributed by atoms with Gasteiger partial charge in [-0.3, -0.25) is 14.9 Å². The highest BCUT2D eigenvalue weighted by Crippen LogP contribution is 2.00. The van der Waals surface area contributed by atoms with Gasteiger partial charge in [0.25, 0.3) is 11.8 Å². The van der Waals surface area contributed by atoms with Gasteiger partial charge < -0.3 is 10.2 Å². The predicted octanol–water partition coefficient (Wildman–Crippen LogP) is -1.83. The molecule has 1 heterocycles. The molecule has 3 N–H and O–H groups in total. The predicted molar refractivity (Wildman–Crippen MR) is 36.4 cm³/mol. The minimum absolute atomic E-state index is 0.840. The van der Waals surface area contributed by atoms with E-state index in [2.05, 4.69) is 13.2 Å². The molecule has 0 spiro atoms. The molecule has 0 aromatic rings. The third-order valence-electron chi connectivity index (χ3n) is 1.08. The summed E-state index contributed by atoms with van der Waals surface area (Å²) in [6.07, 6.45) is -3.17. The number of carbonyl (C=O) groups excluding carboxylic acids is 2. The zero-order valence-corrected chi connectivity index (χ0v) is 5.78. The van der Waals surface area contributed by atoms with Crippen LogP contribution in [0.15, 0.2) is 13.2 Å². The Hall–Kier alpha value is -1.20. The van der Waals surface area contributed by atoms with Crippen molar-refractivity contribution in [2.24, 2.45) is 0 Å². The van der Waals surface area contributed by atoms with Gasteiger partial charge in [-0.1, -0.05) is 0 Å². The first-order valence-electron chi connectivity index (χ1n) is 2.84. The van der Waals surface area contributed by atoms with Crippen LogP contribution in [-0.4, -0.2) is 34.2 Å². The summed E-state index contributed by atoms with van der Waals surface area (Å²) in [5, 5.41) is 18.8. The molecule has 2 atom stereocenters. The first kappa shape index (κ1) is 9.80. The third-order valence-corrected chi connectivity index (χ3v) is 1.08. The second-order valence-corrected chi connectivity index (χ2v) is 1.74. The van der Waals surface area contributed by atoms with Crippen molar-refractivity contribution in [1.82, 2.24) is 5.32 Å². The van der Waals surface area contributed by atoms with E-state index in [9.17, 15) is 9.59 Å². The summed E-state index contributed by atoms with van der Waals surface area (Å²) in [5.41, 5.74) is 0. The lowest BCUT2D eigenvalue weighted by Gasteiger charge is -1.97. The molecule has 1 aliphatic rings. The van der Waals surface area contributed by atoms with Gasteiger partial charge in [0.15, 0.2) is 12.2 Å². The molecule has 5 nitrogen and oxygen atoms in total. The summed E-state index contributed by atoms with van der Waals surface area (Å²) in [5.74, 6) is -1.68. The Kier molecular flexibility index (Phi) is 3.43. The van der Waals surface area contributed by atoms with Crippen LogP contribution in [0.25, 0.3) is 0 Å². The second kappa shape index (κ2) is 3.85. The zero-order chi connectivity index (χ0) is 9.02. The van der Waals surface area contributed by atoms with Crippen molar-refractivity contribution in [3.05, 3.63) is 13.2 Å². The lowest BCUT2D eigenvalue weighted by atomic mass is 10.2. The fourth-order valence-electron chi connectivity index (χ4n) is 0.556. The SMILES string of the molecule is C=C.O=C1NC(=O)C(O)C1O. The number of hydrogen-bond acceptors (Lipinski definition) is 4. The molecule has 1 aliphatic heterocycles. The standard InChI is InChI=1S/C4H5NO4.C2H4/c6-1-2(7)4(9)5-3(1)8;1-2/h1-2,6-7H,(H,5,8,9);1-2H2. The molecule has 0 bridgehead atoms. The number of hydrogen-bond donors (Lipinski definition) is 3. The molecule has 2 amide bonds. The number of imide groups is 1. The summed E-state index contributed by atoms with van der Waals surface area (Å²) >= 11 is 0. The van der Waals surface area contributed by atoms with Gasteiger partial charge in [-0.2, -0.15) is 0 Å². The van der Waals surface area contributed by atoms with E-state index in [-0.39, 0.29) is 0 Å². The Bertz CT molecular complexity index is 161. The highest BCUT2D eigenvalue weighted by atomic mass is 16.4. The molecule has 0 radical (unpaired) electrons. The van der Waals surface area contributed by atoms with Crippen LogP contribution < -0.4 is 5.32 Å². The fourth-order valence-corrected chi connectivity index (χ4v) is 0.556. The van der Waals surface area contributed by atoms with Crippen molar-refractivity contribution in [2.45, 2.75) is 12.2 Å². The summed E-state index contributed by atoms with van der Waals surface area (Å²) in [6.45, 7) is 6.00. The van der Waals surface area contributed by atoms with E-state index in [1.807, 2.05) is 0 Å². The van der Waals surface area contributed by atoms with Crippen LogP contribution in [0.1, 0.15) is 0 Å². The van der Waals surface area contributed by atoms with Crippen LogP contribution in [0.4, 0.5) is 0 Å². The van der Waals surface area contributed by atoms with Gasteiger partial charge >= 0.3 is 0 Å². The molecule has 1 rings (SSSR count). The molecule has 5 heteroatoms. The quantitative estimate of drug-likeness (QED) is 0.286. The van der Waals surface area contributed by atoms with Crippen molar-refractivity contribution >= 4 is 11.8 Å². The van der Waals surface area contributed by atoms with E-state index >= 15 is 0 Å². The minimum Gasteiger partial charge on any atom is -0.380 e. The average Bonchev–Trinajstić information content (AvgIpc) is 2.22. The van der Waals surface area contributed by atoms with Gasteiger partial charge in [-0.15, -0.1) is 13.2 Å². The lowest BCUT2D eigenvalue weighted by Crippen LogP contribution is -2.27. The molecular formula is C6H9NO4. The largest absolute Gasteiger partial charge is 0.380 e.